The molecule has 158 valence electrons. The predicted octanol–water partition coefficient (Wildman–Crippen LogP) is 5.22. The smallest absolute Gasteiger partial charge is 0.296 e. The van der Waals surface area contributed by atoms with Gasteiger partial charge >= 0.3 is 0 Å². The lowest BCUT2D eigenvalue weighted by atomic mass is 9.95. The molecular weight excluding hydrogens is 441 g/mol. The molecular formula is C23H17Cl2NO5. The molecule has 1 aliphatic heterocycles. The number of likely N-dealkylation sites (tertiary alicyclic amines) is 1. The lowest BCUT2D eigenvalue weighted by Gasteiger charge is -2.24. The number of benzene rings is 2. The van der Waals surface area contributed by atoms with E-state index in [0.29, 0.717) is 22.1 Å². The Labute approximate surface area is 188 Å². The number of furan rings is 1. The molecule has 0 aliphatic carbocycles. The molecule has 1 aliphatic rings. The van der Waals surface area contributed by atoms with Crippen molar-refractivity contribution in [1.29, 1.82) is 0 Å². The zero-order chi connectivity index (χ0) is 22.1. The molecule has 1 amide bonds. The average molecular weight is 458 g/mol. The fraction of sp³-hybridized carbons (Fsp3) is 0.130. The largest absolute Gasteiger partial charge is 0.507 e. The maximum Gasteiger partial charge on any atom is 0.296 e. The first-order chi connectivity index (χ1) is 14.9. The number of ether oxygens (including phenoxy) is 1. The Hall–Kier alpha value is -3.22. The van der Waals surface area contributed by atoms with E-state index in [2.05, 4.69) is 0 Å². The summed E-state index contributed by atoms with van der Waals surface area (Å²) in [4.78, 5) is 27.3. The molecule has 3 aromatic rings. The highest BCUT2D eigenvalue weighted by Gasteiger charge is 2.46. The van der Waals surface area contributed by atoms with E-state index in [9.17, 15) is 14.7 Å². The van der Waals surface area contributed by atoms with Crippen molar-refractivity contribution in [2.24, 2.45) is 0 Å². The minimum Gasteiger partial charge on any atom is -0.507 e. The van der Waals surface area contributed by atoms with Crippen molar-refractivity contribution in [3.05, 3.63) is 93.4 Å². The number of ketones is 1. The highest BCUT2D eigenvalue weighted by molar-refractivity contribution is 6.46. The summed E-state index contributed by atoms with van der Waals surface area (Å²) in [5, 5.41) is 11.6. The van der Waals surface area contributed by atoms with E-state index in [1.54, 1.807) is 36.4 Å². The van der Waals surface area contributed by atoms with Crippen LogP contribution in [0.4, 0.5) is 0 Å². The molecule has 1 aromatic heterocycles. The monoisotopic (exact) mass is 457 g/mol. The number of hydrogen-bond acceptors (Lipinski definition) is 5. The molecule has 6 nitrogen and oxygen atoms in total. The van der Waals surface area contributed by atoms with Crippen LogP contribution in [0.15, 0.2) is 70.9 Å². The number of carbonyl (C=O) groups is 2. The molecule has 8 heteroatoms. The van der Waals surface area contributed by atoms with E-state index >= 15 is 0 Å². The second kappa shape index (κ2) is 8.49. The number of aliphatic hydroxyl groups excluding tert-OH is 1. The van der Waals surface area contributed by atoms with Gasteiger partial charge in [0.25, 0.3) is 11.7 Å². The van der Waals surface area contributed by atoms with Crippen LogP contribution in [0.25, 0.3) is 5.76 Å². The number of rotatable bonds is 5. The Bertz CT molecular complexity index is 1190. The summed E-state index contributed by atoms with van der Waals surface area (Å²) in [6.07, 6.45) is 1.49. The van der Waals surface area contributed by atoms with Crippen LogP contribution in [0.5, 0.6) is 5.75 Å². The molecule has 0 bridgehead atoms. The molecule has 2 aromatic carbocycles. The van der Waals surface area contributed by atoms with E-state index in [4.69, 9.17) is 32.4 Å². The minimum atomic E-state index is -0.852. The number of aliphatic hydroxyl groups is 1. The van der Waals surface area contributed by atoms with E-state index in [1.165, 1.54) is 36.5 Å². The number of Topliss-reactive ketones (excluding diaryl/α,β-unsaturated/α-hetero) is 1. The van der Waals surface area contributed by atoms with Gasteiger partial charge in [0.1, 0.15) is 17.3 Å². The lowest BCUT2D eigenvalue weighted by molar-refractivity contribution is -0.140. The van der Waals surface area contributed by atoms with Crippen LogP contribution in [0.3, 0.4) is 0 Å². The van der Waals surface area contributed by atoms with Gasteiger partial charge in [-0.3, -0.25) is 9.59 Å². The van der Waals surface area contributed by atoms with Gasteiger partial charge in [0.15, 0.2) is 0 Å². The maximum absolute atomic E-state index is 13.0. The lowest BCUT2D eigenvalue weighted by Crippen LogP contribution is -2.29. The normalized spacial score (nSPS) is 17.9. The Morgan fingerprint density at radius 2 is 1.90 bits per heavy atom. The van der Waals surface area contributed by atoms with Crippen molar-refractivity contribution < 1.29 is 23.8 Å². The Morgan fingerprint density at radius 1 is 1.10 bits per heavy atom. The quantitative estimate of drug-likeness (QED) is 0.322. The van der Waals surface area contributed by atoms with Gasteiger partial charge < -0.3 is 19.2 Å². The van der Waals surface area contributed by atoms with Crippen LogP contribution in [0, 0.1) is 0 Å². The van der Waals surface area contributed by atoms with E-state index in [0.717, 1.165) is 0 Å². The van der Waals surface area contributed by atoms with Gasteiger partial charge in [-0.1, -0.05) is 35.3 Å². The molecule has 2 heterocycles. The summed E-state index contributed by atoms with van der Waals surface area (Å²) >= 11 is 12.1. The molecule has 4 rings (SSSR count). The van der Waals surface area contributed by atoms with Crippen molar-refractivity contribution in [3.63, 3.8) is 0 Å². The molecule has 1 fully saturated rings. The zero-order valence-electron chi connectivity index (χ0n) is 16.3. The van der Waals surface area contributed by atoms with Crippen LogP contribution in [-0.4, -0.2) is 28.8 Å². The number of halogens is 2. The second-order valence-corrected chi connectivity index (χ2v) is 7.73. The fourth-order valence-corrected chi connectivity index (χ4v) is 3.87. The first-order valence-electron chi connectivity index (χ1n) is 9.31. The summed E-state index contributed by atoms with van der Waals surface area (Å²) in [6, 6.07) is 14.0. The van der Waals surface area contributed by atoms with Gasteiger partial charge in [-0.05, 0) is 48.0 Å². The average Bonchev–Trinajstić information content (AvgIpc) is 3.37. The number of amides is 1. The van der Waals surface area contributed by atoms with Crippen LogP contribution < -0.4 is 4.74 Å². The molecule has 1 saturated heterocycles. The minimum absolute atomic E-state index is 0.0526. The summed E-state index contributed by atoms with van der Waals surface area (Å²) in [5.41, 5.74) is 0.827. The van der Waals surface area contributed by atoms with Gasteiger partial charge in [-0.25, -0.2) is 0 Å². The number of hydrogen-bond donors (Lipinski definition) is 1. The van der Waals surface area contributed by atoms with Crippen molar-refractivity contribution in [2.45, 2.75) is 12.6 Å². The molecule has 1 atom stereocenters. The van der Waals surface area contributed by atoms with Gasteiger partial charge in [-0.2, -0.15) is 0 Å². The highest BCUT2D eigenvalue weighted by atomic mass is 35.5. The van der Waals surface area contributed by atoms with Gasteiger partial charge in [0.2, 0.25) is 0 Å². The number of methoxy groups -OCH3 is 1. The SMILES string of the molecule is COc1cccc(C2/C(=C(/O)c3ccc(Cl)c(Cl)c3)C(=O)C(=O)N2Cc2ccco2)c1. The van der Waals surface area contributed by atoms with Crippen molar-refractivity contribution in [3.8, 4) is 5.75 Å². The van der Waals surface area contributed by atoms with Crippen molar-refractivity contribution in [1.82, 2.24) is 4.90 Å². The summed E-state index contributed by atoms with van der Waals surface area (Å²) < 4.78 is 10.7. The Balaban J connectivity index is 1.89. The standard InChI is InChI=1S/C23H17Cl2NO5/c1-30-15-5-2-4-13(10-15)20-19(21(27)14-7-8-17(24)18(25)11-14)22(28)23(29)26(20)12-16-6-3-9-31-16/h2-11,20,27H,12H2,1H3/b21-19-. The topological polar surface area (TPSA) is 80.0 Å². The molecule has 1 N–H and O–H groups in total. The van der Waals surface area contributed by atoms with E-state index < -0.39 is 17.7 Å². The van der Waals surface area contributed by atoms with Crippen molar-refractivity contribution >= 4 is 40.7 Å². The van der Waals surface area contributed by atoms with Crippen LogP contribution >= 0.6 is 23.2 Å². The third-order valence-corrected chi connectivity index (χ3v) is 5.79. The van der Waals surface area contributed by atoms with Crippen molar-refractivity contribution in [2.75, 3.05) is 7.11 Å². The zero-order valence-corrected chi connectivity index (χ0v) is 17.9. The van der Waals surface area contributed by atoms with Gasteiger partial charge in [0.05, 0.1) is 41.6 Å². The first-order valence-corrected chi connectivity index (χ1v) is 10.1. The molecule has 0 saturated carbocycles. The van der Waals surface area contributed by atoms with Crippen LogP contribution in [0.1, 0.15) is 22.9 Å². The summed E-state index contributed by atoms with van der Waals surface area (Å²) in [6.45, 7) is 0.0532. The Kier molecular flexibility index (Phi) is 5.76. The van der Waals surface area contributed by atoms with Gasteiger partial charge in [0, 0.05) is 5.56 Å². The molecule has 1 unspecified atom stereocenters. The number of carbonyl (C=O) groups excluding carboxylic acids is 2. The summed E-state index contributed by atoms with van der Waals surface area (Å²) in [7, 11) is 1.52. The third-order valence-electron chi connectivity index (χ3n) is 5.05. The Morgan fingerprint density at radius 3 is 2.58 bits per heavy atom. The maximum atomic E-state index is 13.0. The van der Waals surface area contributed by atoms with Crippen LogP contribution in [0.2, 0.25) is 10.0 Å². The van der Waals surface area contributed by atoms with Crippen LogP contribution in [-0.2, 0) is 16.1 Å². The fourth-order valence-electron chi connectivity index (χ4n) is 3.57. The third kappa shape index (κ3) is 3.92. The molecule has 0 spiro atoms. The van der Waals surface area contributed by atoms with Gasteiger partial charge in [-0.15, -0.1) is 0 Å². The number of nitrogens with zero attached hydrogens (tertiary/aromatic N) is 1. The van der Waals surface area contributed by atoms with E-state index in [1.807, 2.05) is 0 Å². The highest BCUT2D eigenvalue weighted by Crippen LogP contribution is 2.41. The second-order valence-electron chi connectivity index (χ2n) is 6.91. The summed E-state index contributed by atoms with van der Waals surface area (Å²) in [5.74, 6) is -0.833. The van der Waals surface area contributed by atoms with E-state index in [-0.39, 0.29) is 28.5 Å². The predicted molar refractivity (Wildman–Crippen MR) is 116 cm³/mol. The first kappa shape index (κ1) is 21.0. The molecule has 0 radical (unpaired) electrons. The molecule has 31 heavy (non-hydrogen) atoms.